The van der Waals surface area contributed by atoms with E-state index in [2.05, 4.69) is 81.5 Å². The third-order valence-electron chi connectivity index (χ3n) is 7.37. The molecule has 0 atom stereocenters. The lowest BCUT2D eigenvalue weighted by molar-refractivity contribution is 0.209. The molecule has 0 bridgehead atoms. The summed E-state index contributed by atoms with van der Waals surface area (Å²) >= 11 is 6.24. The predicted molar refractivity (Wildman–Crippen MR) is 161 cm³/mol. The number of aromatic nitrogens is 1. The Morgan fingerprint density at radius 1 is 0.805 bits per heavy atom. The molecule has 5 aromatic rings. The van der Waals surface area contributed by atoms with Gasteiger partial charge in [0, 0.05) is 42.3 Å². The maximum atomic E-state index is 9.85. The summed E-state index contributed by atoms with van der Waals surface area (Å²) in [5.41, 5.74) is 4.55. The highest BCUT2D eigenvalue weighted by Crippen LogP contribution is 2.33. The Balaban J connectivity index is 1.15. The van der Waals surface area contributed by atoms with Gasteiger partial charge in [0.05, 0.1) is 6.04 Å². The van der Waals surface area contributed by atoms with Crippen molar-refractivity contribution in [3.05, 3.63) is 137 Å². The molecule has 41 heavy (non-hydrogen) atoms. The highest BCUT2D eigenvalue weighted by molar-refractivity contribution is 6.31. The first-order valence-electron chi connectivity index (χ1n) is 13.7. The van der Waals surface area contributed by atoms with Gasteiger partial charge in [-0.15, -0.1) is 0 Å². The molecule has 0 spiro atoms. The molecule has 6 rings (SSSR count). The second-order valence-corrected chi connectivity index (χ2v) is 10.3. The summed E-state index contributed by atoms with van der Waals surface area (Å²) in [6.07, 6.45) is 0. The lowest BCUT2D eigenvalue weighted by Gasteiger charge is -2.39. The molecule has 0 unspecified atom stereocenters. The van der Waals surface area contributed by atoms with Crippen LogP contribution >= 0.6 is 11.6 Å². The molecule has 0 aliphatic carbocycles. The first-order valence-corrected chi connectivity index (χ1v) is 14.0. The van der Waals surface area contributed by atoms with Crippen molar-refractivity contribution in [2.75, 3.05) is 31.1 Å². The van der Waals surface area contributed by atoms with E-state index in [0.717, 1.165) is 37.3 Å². The standard InChI is InChI=1S/C34H29ClN4O2/c35-30-14-8-7-13-28(30)24-40-29-17-15-27(16-18-29)33-37-31(23-36)34(41-33)39-21-19-38(20-22-39)32(25-9-3-1-4-10-25)26-11-5-2-6-12-26/h1-18,32H,19-22,24H2. The Kier molecular flexibility index (Phi) is 7.99. The molecule has 6 nitrogen and oxygen atoms in total. The Labute approximate surface area is 245 Å². The Morgan fingerprint density at radius 2 is 1.41 bits per heavy atom. The van der Waals surface area contributed by atoms with Gasteiger partial charge in [-0.05, 0) is 41.5 Å². The van der Waals surface area contributed by atoms with Gasteiger partial charge in [-0.3, -0.25) is 4.90 Å². The molecule has 0 radical (unpaired) electrons. The minimum absolute atomic E-state index is 0.166. The van der Waals surface area contributed by atoms with E-state index < -0.39 is 0 Å². The fourth-order valence-corrected chi connectivity index (χ4v) is 5.45. The number of hydrogen-bond donors (Lipinski definition) is 0. The minimum atomic E-state index is 0.166. The van der Waals surface area contributed by atoms with Crippen LogP contribution in [0.1, 0.15) is 28.4 Å². The molecule has 0 saturated carbocycles. The molecule has 204 valence electrons. The number of anilines is 1. The lowest BCUT2D eigenvalue weighted by Crippen LogP contribution is -2.48. The third-order valence-corrected chi connectivity index (χ3v) is 7.73. The van der Waals surface area contributed by atoms with E-state index in [1.165, 1.54) is 11.1 Å². The molecule has 2 heterocycles. The smallest absolute Gasteiger partial charge is 0.235 e. The van der Waals surface area contributed by atoms with Crippen molar-refractivity contribution >= 4 is 17.5 Å². The van der Waals surface area contributed by atoms with Crippen LogP contribution in [0.3, 0.4) is 0 Å². The Hall–Kier alpha value is -4.57. The first-order chi connectivity index (χ1) is 20.2. The molecule has 1 saturated heterocycles. The van der Waals surface area contributed by atoms with Gasteiger partial charge in [0.15, 0.2) is 0 Å². The predicted octanol–water partition coefficient (Wildman–Crippen LogP) is 7.36. The van der Waals surface area contributed by atoms with Gasteiger partial charge in [0.1, 0.15) is 18.4 Å². The molecule has 0 amide bonds. The van der Waals surface area contributed by atoms with Crippen LogP contribution in [-0.4, -0.2) is 36.1 Å². The monoisotopic (exact) mass is 560 g/mol. The molecule has 7 heteroatoms. The van der Waals surface area contributed by atoms with E-state index in [1.54, 1.807) is 0 Å². The van der Waals surface area contributed by atoms with Gasteiger partial charge in [0.2, 0.25) is 17.5 Å². The summed E-state index contributed by atoms with van der Waals surface area (Å²) in [5.74, 6) is 1.66. The van der Waals surface area contributed by atoms with E-state index >= 15 is 0 Å². The van der Waals surface area contributed by atoms with Crippen molar-refractivity contribution in [2.24, 2.45) is 0 Å². The van der Waals surface area contributed by atoms with E-state index in [0.29, 0.717) is 34.8 Å². The molecule has 4 aromatic carbocycles. The van der Waals surface area contributed by atoms with Crippen molar-refractivity contribution < 1.29 is 9.15 Å². The van der Waals surface area contributed by atoms with E-state index in [-0.39, 0.29) is 6.04 Å². The third kappa shape index (κ3) is 5.97. The average molecular weight is 561 g/mol. The van der Waals surface area contributed by atoms with Gasteiger partial charge in [-0.1, -0.05) is 90.5 Å². The molecular formula is C34H29ClN4O2. The molecule has 1 aromatic heterocycles. The number of piperazine rings is 1. The summed E-state index contributed by atoms with van der Waals surface area (Å²) in [7, 11) is 0. The number of halogens is 1. The average Bonchev–Trinajstić information content (AvgIpc) is 3.47. The number of ether oxygens (including phenoxy) is 1. The zero-order valence-electron chi connectivity index (χ0n) is 22.5. The molecule has 1 aliphatic rings. The maximum Gasteiger partial charge on any atom is 0.235 e. The minimum Gasteiger partial charge on any atom is -0.489 e. The summed E-state index contributed by atoms with van der Waals surface area (Å²) in [5, 5.41) is 10.5. The Morgan fingerprint density at radius 3 is 2.02 bits per heavy atom. The van der Waals surface area contributed by atoms with E-state index in [9.17, 15) is 5.26 Å². The van der Waals surface area contributed by atoms with E-state index in [1.807, 2.05) is 48.5 Å². The van der Waals surface area contributed by atoms with Crippen molar-refractivity contribution in [3.8, 4) is 23.3 Å². The molecule has 1 aliphatic heterocycles. The molecule has 1 fully saturated rings. The van der Waals surface area contributed by atoms with Crippen LogP contribution in [0, 0.1) is 11.3 Å². The number of nitriles is 1. The maximum absolute atomic E-state index is 9.85. The van der Waals surface area contributed by atoms with Crippen molar-refractivity contribution in [1.82, 2.24) is 9.88 Å². The fourth-order valence-electron chi connectivity index (χ4n) is 5.26. The fraction of sp³-hybridized carbons (Fsp3) is 0.176. The van der Waals surface area contributed by atoms with Crippen LogP contribution < -0.4 is 9.64 Å². The number of rotatable bonds is 8. The Bertz CT molecular complexity index is 1580. The number of oxazole rings is 1. The van der Waals surface area contributed by atoms with Gasteiger partial charge in [0.25, 0.3) is 0 Å². The summed E-state index contributed by atoms with van der Waals surface area (Å²) in [4.78, 5) is 9.13. The van der Waals surface area contributed by atoms with Gasteiger partial charge < -0.3 is 14.1 Å². The second kappa shape index (κ2) is 12.3. The quantitative estimate of drug-likeness (QED) is 0.197. The van der Waals surface area contributed by atoms with Crippen molar-refractivity contribution in [2.45, 2.75) is 12.6 Å². The highest BCUT2D eigenvalue weighted by atomic mass is 35.5. The first kappa shape index (κ1) is 26.6. The molecular weight excluding hydrogens is 532 g/mol. The van der Waals surface area contributed by atoms with Crippen LogP contribution in [0.4, 0.5) is 5.88 Å². The highest BCUT2D eigenvalue weighted by Gasteiger charge is 2.29. The summed E-state index contributed by atoms with van der Waals surface area (Å²) in [6, 6.07) is 38.8. The van der Waals surface area contributed by atoms with Gasteiger partial charge in [-0.2, -0.15) is 10.2 Å². The van der Waals surface area contributed by atoms with Crippen LogP contribution in [0.25, 0.3) is 11.5 Å². The summed E-state index contributed by atoms with van der Waals surface area (Å²) < 4.78 is 12.1. The lowest BCUT2D eigenvalue weighted by atomic mass is 9.96. The summed E-state index contributed by atoms with van der Waals surface area (Å²) in [6.45, 7) is 3.49. The van der Waals surface area contributed by atoms with E-state index in [4.69, 9.17) is 20.8 Å². The normalized spacial score (nSPS) is 13.7. The largest absolute Gasteiger partial charge is 0.489 e. The van der Waals surface area contributed by atoms with Crippen LogP contribution in [-0.2, 0) is 6.61 Å². The number of benzene rings is 4. The SMILES string of the molecule is N#Cc1nc(-c2ccc(OCc3ccccc3Cl)cc2)oc1N1CCN(C(c2ccccc2)c2ccccc2)CC1. The zero-order valence-corrected chi connectivity index (χ0v) is 23.2. The second-order valence-electron chi connectivity index (χ2n) is 9.94. The number of hydrogen-bond acceptors (Lipinski definition) is 6. The van der Waals surface area contributed by atoms with Gasteiger partial charge in [-0.25, -0.2) is 0 Å². The topological polar surface area (TPSA) is 65.5 Å². The van der Waals surface area contributed by atoms with Gasteiger partial charge >= 0.3 is 0 Å². The van der Waals surface area contributed by atoms with Crippen LogP contribution in [0.2, 0.25) is 5.02 Å². The van der Waals surface area contributed by atoms with Crippen molar-refractivity contribution in [3.63, 3.8) is 0 Å². The zero-order chi connectivity index (χ0) is 28.0. The molecule has 0 N–H and O–H groups in total. The number of nitrogens with zero attached hydrogens (tertiary/aromatic N) is 4. The van der Waals surface area contributed by atoms with Crippen LogP contribution in [0.5, 0.6) is 5.75 Å². The van der Waals surface area contributed by atoms with Crippen LogP contribution in [0.15, 0.2) is 114 Å². The van der Waals surface area contributed by atoms with Crippen molar-refractivity contribution in [1.29, 1.82) is 5.26 Å².